The maximum absolute atomic E-state index is 12.3. The number of carbonyl (C=O) groups excluding carboxylic acids is 1. The van der Waals surface area contributed by atoms with Gasteiger partial charge in [-0.1, -0.05) is 15.9 Å². The molecular formula is C14H19BrN2O. The molecule has 0 spiro atoms. The Morgan fingerprint density at radius 1 is 1.39 bits per heavy atom. The van der Waals surface area contributed by atoms with Crippen molar-refractivity contribution in [2.24, 2.45) is 0 Å². The molecule has 1 aromatic carbocycles. The van der Waals surface area contributed by atoms with Crippen LogP contribution in [0.1, 0.15) is 25.8 Å². The number of hydrogen-bond acceptors (Lipinski definition) is 2. The van der Waals surface area contributed by atoms with E-state index in [0.29, 0.717) is 6.42 Å². The van der Waals surface area contributed by atoms with Crippen molar-refractivity contribution >= 4 is 27.5 Å². The van der Waals surface area contributed by atoms with Crippen molar-refractivity contribution in [3.05, 3.63) is 28.2 Å². The van der Waals surface area contributed by atoms with Crippen LogP contribution in [0.25, 0.3) is 0 Å². The van der Waals surface area contributed by atoms with Gasteiger partial charge in [0, 0.05) is 35.2 Å². The lowest BCUT2D eigenvalue weighted by molar-refractivity contribution is -0.119. The van der Waals surface area contributed by atoms with Crippen LogP contribution in [0.15, 0.2) is 22.7 Å². The molecule has 18 heavy (non-hydrogen) atoms. The van der Waals surface area contributed by atoms with Crippen LogP contribution in [0.4, 0.5) is 5.69 Å². The van der Waals surface area contributed by atoms with Crippen molar-refractivity contribution in [2.75, 3.05) is 18.0 Å². The molecule has 1 N–H and O–H groups in total. The van der Waals surface area contributed by atoms with Crippen LogP contribution in [0.3, 0.4) is 0 Å². The number of amides is 1. The quantitative estimate of drug-likeness (QED) is 0.865. The summed E-state index contributed by atoms with van der Waals surface area (Å²) in [4.78, 5) is 14.2. The van der Waals surface area contributed by atoms with E-state index in [1.54, 1.807) is 0 Å². The average Bonchev–Trinajstić information content (AvgIpc) is 2.40. The van der Waals surface area contributed by atoms with Crippen LogP contribution in [-0.2, 0) is 4.79 Å². The minimum absolute atomic E-state index is 0.115. The first kappa shape index (κ1) is 13.6. The highest BCUT2D eigenvalue weighted by Gasteiger charge is 2.29. The molecule has 0 atom stereocenters. The van der Waals surface area contributed by atoms with Gasteiger partial charge in [0.1, 0.15) is 0 Å². The van der Waals surface area contributed by atoms with Crippen molar-refractivity contribution in [1.29, 1.82) is 0 Å². The number of carbonyl (C=O) groups is 1. The Morgan fingerprint density at radius 2 is 2.11 bits per heavy atom. The summed E-state index contributed by atoms with van der Waals surface area (Å²) in [5.41, 5.74) is 2.02. The van der Waals surface area contributed by atoms with Gasteiger partial charge in [0.05, 0.1) is 0 Å². The van der Waals surface area contributed by atoms with Crippen molar-refractivity contribution in [1.82, 2.24) is 5.32 Å². The predicted octanol–water partition coefficient (Wildman–Crippen LogP) is 2.86. The molecule has 98 valence electrons. The van der Waals surface area contributed by atoms with Crippen LogP contribution in [0.2, 0.25) is 0 Å². The second-order valence-corrected chi connectivity index (χ2v) is 6.32. The van der Waals surface area contributed by atoms with Crippen LogP contribution in [-0.4, -0.2) is 24.5 Å². The van der Waals surface area contributed by atoms with Crippen molar-refractivity contribution in [3.8, 4) is 0 Å². The number of aryl methyl sites for hydroxylation is 1. The van der Waals surface area contributed by atoms with Gasteiger partial charge in [0.2, 0.25) is 5.91 Å². The summed E-state index contributed by atoms with van der Waals surface area (Å²) in [6.45, 7) is 7.73. The average molecular weight is 311 g/mol. The third kappa shape index (κ3) is 2.93. The van der Waals surface area contributed by atoms with Gasteiger partial charge >= 0.3 is 0 Å². The number of rotatable bonds is 1. The zero-order valence-corrected chi connectivity index (χ0v) is 12.7. The summed E-state index contributed by atoms with van der Waals surface area (Å²) >= 11 is 3.49. The maximum Gasteiger partial charge on any atom is 0.228 e. The van der Waals surface area contributed by atoms with E-state index in [-0.39, 0.29) is 11.4 Å². The van der Waals surface area contributed by atoms with E-state index in [1.165, 1.54) is 0 Å². The normalized spacial score (nSPS) is 19.8. The zero-order chi connectivity index (χ0) is 13.3. The SMILES string of the molecule is Cc1cc(N2CCNC(C)(C)CC2=O)ccc1Br. The third-order valence-electron chi connectivity index (χ3n) is 3.29. The smallest absolute Gasteiger partial charge is 0.228 e. The van der Waals surface area contributed by atoms with Crippen LogP contribution in [0.5, 0.6) is 0 Å². The first-order chi connectivity index (χ1) is 8.39. The van der Waals surface area contributed by atoms with E-state index in [1.807, 2.05) is 24.0 Å². The molecule has 0 bridgehead atoms. The van der Waals surface area contributed by atoms with Crippen molar-refractivity contribution in [3.63, 3.8) is 0 Å². The molecule has 0 aliphatic carbocycles. The molecule has 1 aliphatic rings. The lowest BCUT2D eigenvalue weighted by Crippen LogP contribution is -2.39. The molecule has 0 saturated carbocycles. The lowest BCUT2D eigenvalue weighted by atomic mass is 10.0. The highest BCUT2D eigenvalue weighted by Crippen LogP contribution is 2.25. The van der Waals surface area contributed by atoms with Gasteiger partial charge in [0.15, 0.2) is 0 Å². The van der Waals surface area contributed by atoms with Crippen molar-refractivity contribution < 1.29 is 4.79 Å². The Kier molecular flexibility index (Phi) is 3.78. The zero-order valence-electron chi connectivity index (χ0n) is 11.1. The second-order valence-electron chi connectivity index (χ2n) is 5.47. The largest absolute Gasteiger partial charge is 0.311 e. The molecule has 2 rings (SSSR count). The highest BCUT2D eigenvalue weighted by atomic mass is 79.9. The van der Waals surface area contributed by atoms with E-state index in [2.05, 4.69) is 41.2 Å². The Labute approximate surface area is 117 Å². The van der Waals surface area contributed by atoms with E-state index in [4.69, 9.17) is 0 Å². The Morgan fingerprint density at radius 3 is 2.78 bits per heavy atom. The number of nitrogens with one attached hydrogen (secondary N) is 1. The van der Waals surface area contributed by atoms with Gasteiger partial charge in [-0.3, -0.25) is 4.79 Å². The first-order valence-corrected chi connectivity index (χ1v) is 7.00. The Hall–Kier alpha value is -0.870. The van der Waals surface area contributed by atoms with Gasteiger partial charge in [0.25, 0.3) is 0 Å². The van der Waals surface area contributed by atoms with Crippen LogP contribution in [0, 0.1) is 6.92 Å². The monoisotopic (exact) mass is 310 g/mol. The summed E-state index contributed by atoms with van der Waals surface area (Å²) in [7, 11) is 0. The van der Waals surface area contributed by atoms with Gasteiger partial charge < -0.3 is 10.2 Å². The van der Waals surface area contributed by atoms with E-state index in [0.717, 1.165) is 28.8 Å². The fourth-order valence-corrected chi connectivity index (χ4v) is 2.48. The van der Waals surface area contributed by atoms with E-state index in [9.17, 15) is 4.79 Å². The van der Waals surface area contributed by atoms with Crippen LogP contribution < -0.4 is 10.2 Å². The van der Waals surface area contributed by atoms with Crippen molar-refractivity contribution in [2.45, 2.75) is 32.7 Å². The molecular weight excluding hydrogens is 292 g/mol. The van der Waals surface area contributed by atoms with Gasteiger partial charge in [-0.15, -0.1) is 0 Å². The summed E-state index contributed by atoms with van der Waals surface area (Å²) in [6, 6.07) is 6.05. The summed E-state index contributed by atoms with van der Waals surface area (Å²) in [6.07, 6.45) is 0.530. The standard InChI is InChI=1S/C14H19BrN2O/c1-10-8-11(4-5-12(10)15)17-7-6-16-14(2,3)9-13(17)18/h4-5,8,16H,6-7,9H2,1-3H3. The molecule has 1 amide bonds. The van der Waals surface area contributed by atoms with Gasteiger partial charge in [-0.25, -0.2) is 0 Å². The minimum Gasteiger partial charge on any atom is -0.311 e. The Balaban J connectivity index is 2.27. The number of hydrogen-bond donors (Lipinski definition) is 1. The van der Waals surface area contributed by atoms with E-state index >= 15 is 0 Å². The molecule has 3 nitrogen and oxygen atoms in total. The fraction of sp³-hybridized carbons (Fsp3) is 0.500. The number of anilines is 1. The third-order valence-corrected chi connectivity index (χ3v) is 4.18. The molecule has 1 heterocycles. The number of benzene rings is 1. The molecule has 0 radical (unpaired) electrons. The Bertz CT molecular complexity index is 471. The van der Waals surface area contributed by atoms with Gasteiger partial charge in [-0.05, 0) is 44.5 Å². The maximum atomic E-state index is 12.3. The highest BCUT2D eigenvalue weighted by molar-refractivity contribution is 9.10. The summed E-state index contributed by atoms with van der Waals surface area (Å²) in [5.74, 6) is 0.187. The molecule has 1 fully saturated rings. The second kappa shape index (κ2) is 5.02. The topological polar surface area (TPSA) is 32.3 Å². The number of nitrogens with zero attached hydrogens (tertiary/aromatic N) is 1. The molecule has 1 aromatic rings. The molecule has 0 aromatic heterocycles. The molecule has 0 unspecified atom stereocenters. The van der Waals surface area contributed by atoms with Crippen LogP contribution >= 0.6 is 15.9 Å². The number of halogens is 1. The van der Waals surface area contributed by atoms with E-state index < -0.39 is 0 Å². The minimum atomic E-state index is -0.115. The predicted molar refractivity (Wildman–Crippen MR) is 77.9 cm³/mol. The summed E-state index contributed by atoms with van der Waals surface area (Å²) < 4.78 is 1.08. The molecule has 1 aliphatic heterocycles. The molecule has 4 heteroatoms. The fourth-order valence-electron chi connectivity index (χ4n) is 2.24. The first-order valence-electron chi connectivity index (χ1n) is 6.21. The molecule has 1 saturated heterocycles. The summed E-state index contributed by atoms with van der Waals surface area (Å²) in [5, 5.41) is 3.41. The van der Waals surface area contributed by atoms with Gasteiger partial charge in [-0.2, -0.15) is 0 Å². The lowest BCUT2D eigenvalue weighted by Gasteiger charge is -2.23.